The third-order valence-electron chi connectivity index (χ3n) is 5.95. The van der Waals surface area contributed by atoms with Crippen molar-refractivity contribution in [3.8, 4) is 0 Å². The molecule has 3 rings (SSSR count). The molecule has 0 bridgehead atoms. The first-order valence-electron chi connectivity index (χ1n) is 11.2. The zero-order valence-corrected chi connectivity index (χ0v) is 21.2. The third-order valence-corrected chi connectivity index (χ3v) is 6.96. The standard InChI is InChI=1S/C26H32BFN3O2S/c1-17(19-9-11-20(28)12-10-19)31-18(2)22-8-7-15-29-24(22)30-16-21-13-14-23(34-21)27-33-26(5,6)25(3,4)32/h7-15,17,31-32H,2,16H2,1,3-6H3,(H,29,30). The molecule has 0 aliphatic carbocycles. The maximum absolute atomic E-state index is 13.2. The highest BCUT2D eigenvalue weighted by atomic mass is 32.1. The van der Waals surface area contributed by atoms with Crippen molar-refractivity contribution in [3.63, 3.8) is 0 Å². The minimum Gasteiger partial charge on any atom is -0.426 e. The van der Waals surface area contributed by atoms with Gasteiger partial charge in [-0.15, -0.1) is 0 Å². The van der Waals surface area contributed by atoms with E-state index in [2.05, 4.69) is 22.2 Å². The molecule has 34 heavy (non-hydrogen) atoms. The number of aromatic nitrogens is 1. The van der Waals surface area contributed by atoms with Crippen LogP contribution in [0.2, 0.25) is 0 Å². The van der Waals surface area contributed by atoms with E-state index >= 15 is 0 Å². The first kappa shape index (κ1) is 25.9. The van der Waals surface area contributed by atoms with Crippen molar-refractivity contribution in [2.45, 2.75) is 58.4 Å². The molecule has 1 unspecified atom stereocenters. The van der Waals surface area contributed by atoms with E-state index in [0.29, 0.717) is 6.54 Å². The van der Waals surface area contributed by atoms with Crippen LogP contribution < -0.4 is 15.4 Å². The van der Waals surface area contributed by atoms with Gasteiger partial charge in [-0.3, -0.25) is 0 Å². The molecule has 0 aliphatic heterocycles. The van der Waals surface area contributed by atoms with Crippen LogP contribution in [-0.4, -0.2) is 28.8 Å². The van der Waals surface area contributed by atoms with Crippen LogP contribution in [0.5, 0.6) is 0 Å². The van der Waals surface area contributed by atoms with Crippen molar-refractivity contribution in [1.29, 1.82) is 0 Å². The molecule has 0 aliphatic rings. The van der Waals surface area contributed by atoms with E-state index in [4.69, 9.17) is 4.65 Å². The minimum atomic E-state index is -0.967. The summed E-state index contributed by atoms with van der Waals surface area (Å²) in [6.07, 6.45) is 1.74. The fourth-order valence-corrected chi connectivity index (χ4v) is 3.85. The van der Waals surface area contributed by atoms with Gasteiger partial charge in [-0.2, -0.15) is 11.3 Å². The molecule has 0 amide bonds. The monoisotopic (exact) mass is 480 g/mol. The highest BCUT2D eigenvalue weighted by Crippen LogP contribution is 2.25. The molecule has 1 atom stereocenters. The van der Waals surface area contributed by atoms with E-state index in [1.807, 2.05) is 45.0 Å². The largest absolute Gasteiger partial charge is 0.426 e. The molecule has 3 N–H and O–H groups in total. The maximum Gasteiger partial charge on any atom is 0.341 e. The Morgan fingerprint density at radius 2 is 1.88 bits per heavy atom. The highest BCUT2D eigenvalue weighted by Gasteiger charge is 2.35. The van der Waals surface area contributed by atoms with Crippen LogP contribution in [0.3, 0.4) is 0 Å². The van der Waals surface area contributed by atoms with Gasteiger partial charge in [0.1, 0.15) is 11.6 Å². The lowest BCUT2D eigenvalue weighted by Crippen LogP contribution is -2.49. The number of halogens is 1. The molecule has 3 aromatic rings. The highest BCUT2D eigenvalue weighted by molar-refractivity contribution is 7.21. The van der Waals surface area contributed by atoms with Crippen LogP contribution >= 0.6 is 11.3 Å². The molecule has 2 heterocycles. The van der Waals surface area contributed by atoms with Crippen molar-refractivity contribution < 1.29 is 14.2 Å². The van der Waals surface area contributed by atoms with Crippen molar-refractivity contribution in [2.75, 3.05) is 5.32 Å². The average molecular weight is 480 g/mol. The lowest BCUT2D eigenvalue weighted by molar-refractivity contribution is -0.0892. The number of thiophene rings is 1. The smallest absolute Gasteiger partial charge is 0.341 e. The van der Waals surface area contributed by atoms with Crippen LogP contribution in [0, 0.1) is 5.82 Å². The Hall–Kier alpha value is -2.68. The Morgan fingerprint density at radius 3 is 2.56 bits per heavy atom. The number of nitrogens with one attached hydrogen (secondary N) is 2. The number of rotatable bonds is 11. The second kappa shape index (κ2) is 10.7. The van der Waals surface area contributed by atoms with Gasteiger partial charge in [0.25, 0.3) is 0 Å². The Labute approximate surface area is 206 Å². The lowest BCUT2D eigenvalue weighted by Gasteiger charge is -2.37. The normalized spacial score (nSPS) is 12.8. The van der Waals surface area contributed by atoms with Crippen LogP contribution in [0.1, 0.15) is 56.7 Å². The molecule has 0 saturated heterocycles. The molecule has 5 nitrogen and oxygen atoms in total. The van der Waals surface area contributed by atoms with Gasteiger partial charge in [-0.25, -0.2) is 9.37 Å². The molecule has 179 valence electrons. The Balaban J connectivity index is 1.60. The van der Waals surface area contributed by atoms with E-state index in [-0.39, 0.29) is 11.9 Å². The number of hydrogen-bond donors (Lipinski definition) is 3. The number of pyridine rings is 1. The van der Waals surface area contributed by atoms with Gasteiger partial charge in [-0.1, -0.05) is 24.8 Å². The Morgan fingerprint density at radius 1 is 1.18 bits per heavy atom. The summed E-state index contributed by atoms with van der Waals surface area (Å²) < 4.78 is 20.0. The van der Waals surface area contributed by atoms with Gasteiger partial charge in [0.2, 0.25) is 0 Å². The van der Waals surface area contributed by atoms with E-state index in [0.717, 1.165) is 32.3 Å². The molecule has 0 saturated carbocycles. The molecular formula is C26H32BFN3O2S. The first-order chi connectivity index (χ1) is 16.0. The molecule has 1 aromatic carbocycles. The lowest BCUT2D eigenvalue weighted by atomic mass is 9.86. The summed E-state index contributed by atoms with van der Waals surface area (Å²) in [5.74, 6) is 0.472. The Bertz CT molecular complexity index is 1110. The van der Waals surface area contributed by atoms with Crippen LogP contribution in [0.15, 0.2) is 61.3 Å². The molecular weight excluding hydrogens is 448 g/mol. The van der Waals surface area contributed by atoms with Crippen molar-refractivity contribution in [3.05, 3.63) is 83.1 Å². The zero-order chi connectivity index (χ0) is 24.9. The SMILES string of the molecule is C=C(NC(C)c1ccc(F)cc1)c1cccnc1NCc1ccc([B]OC(C)(C)C(C)(C)O)s1. The number of aliphatic hydroxyl groups is 1. The second-order valence-corrected chi connectivity index (χ2v) is 10.5. The maximum atomic E-state index is 13.2. The average Bonchev–Trinajstić information content (AvgIpc) is 3.24. The molecule has 8 heteroatoms. The molecule has 0 fully saturated rings. The van der Waals surface area contributed by atoms with Crippen molar-refractivity contribution >= 4 is 35.1 Å². The van der Waals surface area contributed by atoms with Crippen LogP contribution in [-0.2, 0) is 11.2 Å². The third kappa shape index (κ3) is 6.68. The quantitative estimate of drug-likeness (QED) is 0.336. The van der Waals surface area contributed by atoms with Gasteiger partial charge in [0, 0.05) is 28.4 Å². The van der Waals surface area contributed by atoms with Gasteiger partial charge in [0.05, 0.1) is 17.7 Å². The number of hydrogen-bond acceptors (Lipinski definition) is 6. The van der Waals surface area contributed by atoms with Crippen molar-refractivity contribution in [2.24, 2.45) is 0 Å². The van der Waals surface area contributed by atoms with E-state index < -0.39 is 11.2 Å². The number of anilines is 1. The second-order valence-electron chi connectivity index (χ2n) is 9.26. The van der Waals surface area contributed by atoms with Gasteiger partial charge in [-0.05, 0) is 75.3 Å². The summed E-state index contributed by atoms with van der Waals surface area (Å²) >= 11 is 1.61. The first-order valence-corrected chi connectivity index (χ1v) is 12.0. The van der Waals surface area contributed by atoms with Gasteiger partial charge >= 0.3 is 7.48 Å². The molecule has 1 radical (unpaired) electrons. The molecule has 0 spiro atoms. The van der Waals surface area contributed by atoms with Crippen LogP contribution in [0.4, 0.5) is 10.2 Å². The zero-order valence-electron chi connectivity index (χ0n) is 20.4. The summed E-state index contributed by atoms with van der Waals surface area (Å²) in [5, 5.41) is 17.0. The van der Waals surface area contributed by atoms with E-state index in [9.17, 15) is 9.50 Å². The minimum absolute atomic E-state index is 0.0373. The van der Waals surface area contributed by atoms with Crippen LogP contribution in [0.25, 0.3) is 5.70 Å². The summed E-state index contributed by atoms with van der Waals surface area (Å²) in [4.78, 5) is 5.61. The number of nitrogens with zero attached hydrogens (tertiary/aromatic N) is 1. The predicted molar refractivity (Wildman–Crippen MR) is 140 cm³/mol. The summed E-state index contributed by atoms with van der Waals surface area (Å²) in [6.45, 7) is 14.0. The topological polar surface area (TPSA) is 66.4 Å². The fourth-order valence-electron chi connectivity index (χ4n) is 3.04. The fraction of sp³-hybridized carbons (Fsp3) is 0.346. The Kier molecular flexibility index (Phi) is 8.18. The van der Waals surface area contributed by atoms with Gasteiger partial charge < -0.3 is 20.4 Å². The number of benzene rings is 1. The van der Waals surface area contributed by atoms with Gasteiger partial charge in [0.15, 0.2) is 0 Å². The van der Waals surface area contributed by atoms with Crippen molar-refractivity contribution in [1.82, 2.24) is 10.3 Å². The summed E-state index contributed by atoms with van der Waals surface area (Å²) in [6, 6.07) is 14.3. The summed E-state index contributed by atoms with van der Waals surface area (Å²) in [7, 11) is 1.70. The summed E-state index contributed by atoms with van der Waals surface area (Å²) in [5.41, 5.74) is 0.894. The van der Waals surface area contributed by atoms with E-state index in [1.165, 1.54) is 12.1 Å². The van der Waals surface area contributed by atoms with E-state index in [1.54, 1.807) is 51.0 Å². The molecule has 2 aromatic heterocycles. The predicted octanol–water partition coefficient (Wildman–Crippen LogP) is 5.03.